The van der Waals surface area contributed by atoms with E-state index in [-0.39, 0.29) is 6.10 Å². The molecule has 0 aromatic carbocycles. The normalized spacial score (nSPS) is 28.9. The van der Waals surface area contributed by atoms with Gasteiger partial charge in [-0.05, 0) is 45.2 Å². The quantitative estimate of drug-likeness (QED) is 0.865. The van der Waals surface area contributed by atoms with Crippen molar-refractivity contribution in [2.75, 3.05) is 13.1 Å². The van der Waals surface area contributed by atoms with Crippen LogP contribution in [0.15, 0.2) is 23.0 Å². The van der Waals surface area contributed by atoms with Crippen LogP contribution >= 0.6 is 11.3 Å². The van der Waals surface area contributed by atoms with Gasteiger partial charge in [0, 0.05) is 23.5 Å². The number of hydrogen-bond donors (Lipinski definition) is 0. The zero-order valence-electron chi connectivity index (χ0n) is 13.1. The standard InChI is InChI=1S/C17H22N2O2S/c1-11-12(2)22-17(18-11)15-7-14-3-5-19(9-16(14)21-15)8-13-4-6-20-10-13/h4,6,10,14-16H,3,5,7-9H2,1-2H3/t14-,15+,16+/m0/s1. The molecule has 5 heteroatoms. The Morgan fingerprint density at radius 2 is 2.32 bits per heavy atom. The van der Waals surface area contributed by atoms with E-state index in [1.54, 1.807) is 17.6 Å². The molecule has 118 valence electrons. The molecule has 3 atom stereocenters. The van der Waals surface area contributed by atoms with Crippen LogP contribution in [0.2, 0.25) is 0 Å². The average molecular weight is 318 g/mol. The van der Waals surface area contributed by atoms with Crippen molar-refractivity contribution in [1.82, 2.24) is 9.88 Å². The Morgan fingerprint density at radius 1 is 1.41 bits per heavy atom. The molecule has 4 heterocycles. The zero-order valence-corrected chi connectivity index (χ0v) is 13.9. The van der Waals surface area contributed by atoms with Gasteiger partial charge in [0.15, 0.2) is 0 Å². The first-order chi connectivity index (χ1) is 10.7. The summed E-state index contributed by atoms with van der Waals surface area (Å²) in [5.74, 6) is 0.690. The lowest BCUT2D eigenvalue weighted by molar-refractivity contribution is -0.00945. The third-order valence-corrected chi connectivity index (χ3v) is 6.11. The predicted molar refractivity (Wildman–Crippen MR) is 85.9 cm³/mol. The van der Waals surface area contributed by atoms with E-state index in [0.29, 0.717) is 12.0 Å². The number of likely N-dealkylation sites (tertiary alicyclic amines) is 1. The molecule has 0 unspecified atom stereocenters. The van der Waals surface area contributed by atoms with E-state index in [1.807, 2.05) is 12.3 Å². The molecule has 0 bridgehead atoms. The average Bonchev–Trinajstić information content (AvgIpc) is 3.20. The number of aromatic nitrogens is 1. The summed E-state index contributed by atoms with van der Waals surface area (Å²) in [5.41, 5.74) is 2.40. The highest BCUT2D eigenvalue weighted by atomic mass is 32.1. The van der Waals surface area contributed by atoms with E-state index in [1.165, 1.54) is 21.9 Å². The Balaban J connectivity index is 1.41. The van der Waals surface area contributed by atoms with Crippen LogP contribution in [0.5, 0.6) is 0 Å². The molecule has 2 fully saturated rings. The first-order valence-corrected chi connectivity index (χ1v) is 8.83. The van der Waals surface area contributed by atoms with E-state index in [0.717, 1.165) is 31.7 Å². The van der Waals surface area contributed by atoms with Crippen LogP contribution in [0.3, 0.4) is 0 Å². The Kier molecular flexibility index (Phi) is 3.80. The maximum atomic E-state index is 6.35. The van der Waals surface area contributed by atoms with Crippen LogP contribution in [0.1, 0.15) is 40.1 Å². The molecule has 0 N–H and O–H groups in total. The highest BCUT2D eigenvalue weighted by molar-refractivity contribution is 7.11. The summed E-state index contributed by atoms with van der Waals surface area (Å²) < 4.78 is 11.5. The minimum atomic E-state index is 0.210. The van der Waals surface area contributed by atoms with Crippen molar-refractivity contribution in [3.8, 4) is 0 Å². The maximum absolute atomic E-state index is 6.35. The monoisotopic (exact) mass is 318 g/mol. The van der Waals surface area contributed by atoms with Crippen LogP contribution in [-0.2, 0) is 11.3 Å². The summed E-state index contributed by atoms with van der Waals surface area (Å²) in [5, 5.41) is 1.17. The molecule has 2 saturated heterocycles. The summed E-state index contributed by atoms with van der Waals surface area (Å²) in [6.45, 7) is 7.37. The summed E-state index contributed by atoms with van der Waals surface area (Å²) in [6, 6.07) is 2.05. The van der Waals surface area contributed by atoms with Crippen molar-refractivity contribution >= 4 is 11.3 Å². The highest BCUT2D eigenvalue weighted by Crippen LogP contribution is 2.42. The molecule has 0 saturated carbocycles. The maximum Gasteiger partial charge on any atom is 0.122 e. The first kappa shape index (κ1) is 14.4. The molecule has 2 aromatic rings. The number of aryl methyl sites for hydroxylation is 2. The van der Waals surface area contributed by atoms with Crippen LogP contribution < -0.4 is 0 Å². The molecule has 0 spiro atoms. The number of ether oxygens (including phenoxy) is 1. The highest BCUT2D eigenvalue weighted by Gasteiger charge is 2.40. The van der Waals surface area contributed by atoms with Gasteiger partial charge in [-0.2, -0.15) is 0 Å². The molecule has 4 rings (SSSR count). The Labute approximate surface area is 135 Å². The van der Waals surface area contributed by atoms with Gasteiger partial charge in [-0.15, -0.1) is 11.3 Å². The third-order valence-electron chi connectivity index (χ3n) is 4.94. The second-order valence-electron chi connectivity index (χ2n) is 6.51. The number of rotatable bonds is 3. The second-order valence-corrected chi connectivity index (χ2v) is 7.74. The summed E-state index contributed by atoms with van der Waals surface area (Å²) in [7, 11) is 0. The van der Waals surface area contributed by atoms with E-state index in [4.69, 9.17) is 14.1 Å². The summed E-state index contributed by atoms with van der Waals surface area (Å²) in [6.07, 6.45) is 6.51. The number of piperidine rings is 1. The van der Waals surface area contributed by atoms with E-state index >= 15 is 0 Å². The fourth-order valence-corrected chi connectivity index (χ4v) is 4.55. The van der Waals surface area contributed by atoms with Gasteiger partial charge in [0.05, 0.1) is 24.3 Å². The Bertz CT molecular complexity index is 618. The molecule has 2 aliphatic heterocycles. The van der Waals surface area contributed by atoms with Crippen LogP contribution in [0, 0.1) is 19.8 Å². The lowest BCUT2D eigenvalue weighted by Gasteiger charge is -2.33. The van der Waals surface area contributed by atoms with Crippen LogP contribution in [0.4, 0.5) is 0 Å². The van der Waals surface area contributed by atoms with Gasteiger partial charge < -0.3 is 9.15 Å². The number of hydrogen-bond acceptors (Lipinski definition) is 5. The number of furan rings is 1. The largest absolute Gasteiger partial charge is 0.472 e. The Morgan fingerprint density at radius 3 is 3.05 bits per heavy atom. The van der Waals surface area contributed by atoms with E-state index in [2.05, 4.69) is 18.7 Å². The first-order valence-electron chi connectivity index (χ1n) is 8.02. The molecular weight excluding hydrogens is 296 g/mol. The minimum absolute atomic E-state index is 0.210. The van der Waals surface area contributed by atoms with Gasteiger partial charge in [0.1, 0.15) is 11.1 Å². The van der Waals surface area contributed by atoms with Crippen molar-refractivity contribution in [3.63, 3.8) is 0 Å². The lowest BCUT2D eigenvalue weighted by Crippen LogP contribution is -2.41. The number of fused-ring (bicyclic) bond motifs is 1. The minimum Gasteiger partial charge on any atom is -0.472 e. The van der Waals surface area contributed by atoms with E-state index in [9.17, 15) is 0 Å². The van der Waals surface area contributed by atoms with Gasteiger partial charge >= 0.3 is 0 Å². The topological polar surface area (TPSA) is 38.5 Å². The van der Waals surface area contributed by atoms with Crippen molar-refractivity contribution in [1.29, 1.82) is 0 Å². The molecule has 0 amide bonds. The molecule has 2 aliphatic rings. The molecule has 0 aliphatic carbocycles. The lowest BCUT2D eigenvalue weighted by atomic mass is 9.91. The number of nitrogens with zero attached hydrogens (tertiary/aromatic N) is 2. The second kappa shape index (κ2) is 5.80. The van der Waals surface area contributed by atoms with Crippen molar-refractivity contribution in [2.45, 2.75) is 45.4 Å². The zero-order chi connectivity index (χ0) is 15.1. The smallest absolute Gasteiger partial charge is 0.122 e. The van der Waals surface area contributed by atoms with Crippen molar-refractivity contribution in [3.05, 3.63) is 39.7 Å². The number of thiazole rings is 1. The van der Waals surface area contributed by atoms with Crippen LogP contribution in [0.25, 0.3) is 0 Å². The van der Waals surface area contributed by atoms with Gasteiger partial charge in [-0.1, -0.05) is 0 Å². The Hall–Kier alpha value is -1.17. The molecule has 0 radical (unpaired) electrons. The van der Waals surface area contributed by atoms with Crippen molar-refractivity contribution < 1.29 is 9.15 Å². The molecule has 2 aromatic heterocycles. The molecule has 22 heavy (non-hydrogen) atoms. The molecular formula is C17H22N2O2S. The fraction of sp³-hybridized carbons (Fsp3) is 0.588. The third kappa shape index (κ3) is 2.73. The predicted octanol–water partition coefficient (Wildman–Crippen LogP) is 3.71. The summed E-state index contributed by atoms with van der Waals surface area (Å²) in [4.78, 5) is 8.49. The fourth-order valence-electron chi connectivity index (χ4n) is 3.57. The van der Waals surface area contributed by atoms with Gasteiger partial charge in [0.25, 0.3) is 0 Å². The van der Waals surface area contributed by atoms with Crippen molar-refractivity contribution in [2.24, 2.45) is 5.92 Å². The SMILES string of the molecule is Cc1nc([C@H]2C[C@@H]3CCN(Cc4ccoc4)C[C@H]3O2)sc1C. The van der Waals surface area contributed by atoms with Gasteiger partial charge in [-0.25, -0.2) is 4.98 Å². The molecule has 4 nitrogen and oxygen atoms in total. The van der Waals surface area contributed by atoms with E-state index < -0.39 is 0 Å². The van der Waals surface area contributed by atoms with Gasteiger partial charge in [0.2, 0.25) is 0 Å². The van der Waals surface area contributed by atoms with Gasteiger partial charge in [-0.3, -0.25) is 4.90 Å². The summed E-state index contributed by atoms with van der Waals surface area (Å²) >= 11 is 1.80. The van der Waals surface area contributed by atoms with Crippen LogP contribution in [-0.4, -0.2) is 29.1 Å².